The Morgan fingerprint density at radius 3 is 1.67 bits per heavy atom. The predicted octanol–water partition coefficient (Wildman–Crippen LogP) is 9.82. The number of carbonyl (C=O) groups is 3. The van der Waals surface area contributed by atoms with Crippen molar-refractivity contribution in [2.75, 3.05) is 39.3 Å². The average molecular weight is 863 g/mol. The van der Waals surface area contributed by atoms with Crippen LogP contribution < -0.4 is 10.6 Å². The molecule has 14 heteroatoms. The molecule has 0 heterocycles. The standard InChI is InChI=1S/C27H58N2O5Si.C17H36N2O3Si/c1-14-16-17-19-29(24(31)33-26(6,7)8)20-18-22(34-35(12,13)27(9,10)11)21-28(15-2)23(30)32-25(3,4)5;1-8-10-11-15(20)19-13-12-14(16(21)18-9-2)22-23(6,7)17(3,4)5/h22,24,31H,14-21H2,1-13H3;14H,8-13H2,1-7H3,(H,18,21)(H,19,20). The van der Waals surface area contributed by atoms with Gasteiger partial charge in [-0.1, -0.05) is 74.7 Å². The van der Waals surface area contributed by atoms with Crippen molar-refractivity contribution < 1.29 is 37.8 Å². The lowest BCUT2D eigenvalue weighted by Crippen LogP contribution is -2.50. The molecule has 0 aromatic rings. The molecule has 0 spiro atoms. The number of nitrogens with one attached hydrogen (secondary N) is 2. The molecule has 3 N–H and O–H groups in total. The molecule has 0 aromatic carbocycles. The van der Waals surface area contributed by atoms with Crippen LogP contribution in [0.1, 0.15) is 162 Å². The van der Waals surface area contributed by atoms with E-state index in [-0.39, 0.29) is 34.1 Å². The number of carbonyl (C=O) groups excluding carboxylic acids is 3. The van der Waals surface area contributed by atoms with Crippen LogP contribution in [0.25, 0.3) is 0 Å². The molecule has 0 aliphatic rings. The van der Waals surface area contributed by atoms with E-state index < -0.39 is 40.4 Å². The zero-order valence-corrected chi connectivity index (χ0v) is 43.3. The van der Waals surface area contributed by atoms with Gasteiger partial charge >= 0.3 is 6.09 Å². The third kappa shape index (κ3) is 25.9. The third-order valence-electron chi connectivity index (χ3n) is 10.7. The highest BCUT2D eigenvalue weighted by molar-refractivity contribution is 6.74. The molecule has 3 unspecified atom stereocenters. The lowest BCUT2D eigenvalue weighted by atomic mass is 10.2. The molecule has 0 rings (SSSR count). The fraction of sp³-hybridized carbons (Fsp3) is 0.932. The first kappa shape index (κ1) is 58.5. The summed E-state index contributed by atoms with van der Waals surface area (Å²) in [5.41, 5.74) is -1.00. The van der Waals surface area contributed by atoms with Gasteiger partial charge in [0, 0.05) is 45.7 Å². The first-order chi connectivity index (χ1) is 26.3. The molecule has 3 amide bonds. The summed E-state index contributed by atoms with van der Waals surface area (Å²) in [5, 5.41) is 16.7. The van der Waals surface area contributed by atoms with Crippen molar-refractivity contribution in [2.24, 2.45) is 0 Å². The van der Waals surface area contributed by atoms with Crippen molar-refractivity contribution in [1.29, 1.82) is 0 Å². The molecule has 58 heavy (non-hydrogen) atoms. The Hall–Kier alpha value is -1.56. The van der Waals surface area contributed by atoms with Crippen molar-refractivity contribution in [3.63, 3.8) is 0 Å². The molecule has 346 valence electrons. The largest absolute Gasteiger partial charge is 0.444 e. The summed E-state index contributed by atoms with van der Waals surface area (Å²) in [6, 6.07) is 0. The fourth-order valence-corrected chi connectivity index (χ4v) is 7.79. The number of ether oxygens (including phenoxy) is 2. The predicted molar refractivity (Wildman–Crippen MR) is 246 cm³/mol. The van der Waals surface area contributed by atoms with Crippen LogP contribution in [-0.2, 0) is 27.9 Å². The first-order valence-corrected chi connectivity index (χ1v) is 28.1. The third-order valence-corrected chi connectivity index (χ3v) is 19.7. The van der Waals surface area contributed by atoms with Gasteiger partial charge in [0.1, 0.15) is 11.7 Å². The minimum Gasteiger partial charge on any atom is -0.444 e. The molecule has 0 radical (unpaired) electrons. The first-order valence-electron chi connectivity index (χ1n) is 22.2. The number of likely N-dealkylation sites (N-methyl/N-ethyl adjacent to an activating group) is 2. The lowest BCUT2D eigenvalue weighted by molar-refractivity contribution is -0.239. The normalized spacial score (nSPS) is 14.6. The summed E-state index contributed by atoms with van der Waals surface area (Å²) >= 11 is 0. The molecule has 0 bridgehead atoms. The fourth-order valence-electron chi connectivity index (χ4n) is 5.12. The number of nitrogens with zero attached hydrogens (tertiary/aromatic N) is 2. The Morgan fingerprint density at radius 1 is 0.690 bits per heavy atom. The van der Waals surface area contributed by atoms with Crippen molar-refractivity contribution in [2.45, 2.75) is 228 Å². The smallest absolute Gasteiger partial charge is 0.410 e. The summed E-state index contributed by atoms with van der Waals surface area (Å²) in [4.78, 5) is 40.5. The monoisotopic (exact) mass is 863 g/mol. The molecule has 12 nitrogen and oxygen atoms in total. The van der Waals surface area contributed by atoms with E-state index in [4.69, 9.17) is 18.3 Å². The van der Waals surface area contributed by atoms with E-state index >= 15 is 0 Å². The average Bonchev–Trinajstić information content (AvgIpc) is 3.04. The van der Waals surface area contributed by atoms with E-state index in [0.29, 0.717) is 52.0 Å². The maximum Gasteiger partial charge on any atom is 0.410 e. The van der Waals surface area contributed by atoms with Gasteiger partial charge in [-0.15, -0.1) is 0 Å². The maximum absolute atomic E-state index is 12.9. The van der Waals surface area contributed by atoms with Gasteiger partial charge in [-0.2, -0.15) is 0 Å². The van der Waals surface area contributed by atoms with Gasteiger partial charge in [0.2, 0.25) is 18.2 Å². The number of unbranched alkanes of at least 4 members (excludes halogenated alkanes) is 3. The van der Waals surface area contributed by atoms with Crippen LogP contribution in [0.4, 0.5) is 4.79 Å². The highest BCUT2D eigenvalue weighted by Gasteiger charge is 2.41. The van der Waals surface area contributed by atoms with Crippen molar-refractivity contribution in [3.05, 3.63) is 0 Å². The Kier molecular flexibility index (Phi) is 27.0. The second kappa shape index (κ2) is 26.7. The van der Waals surface area contributed by atoms with Crippen LogP contribution >= 0.6 is 0 Å². The van der Waals surface area contributed by atoms with E-state index in [2.05, 4.69) is 92.2 Å². The quantitative estimate of drug-likeness (QED) is 0.0492. The molecule has 0 fully saturated rings. The van der Waals surface area contributed by atoms with E-state index in [1.165, 1.54) is 0 Å². The molecule has 0 aliphatic carbocycles. The van der Waals surface area contributed by atoms with Crippen molar-refractivity contribution in [3.8, 4) is 0 Å². The number of rotatable bonds is 24. The highest BCUT2D eigenvalue weighted by atomic mass is 28.4. The summed E-state index contributed by atoms with van der Waals surface area (Å²) in [5.74, 6) is -0.0334. The highest BCUT2D eigenvalue weighted by Crippen LogP contribution is 2.39. The number of aliphatic hydroxyl groups excluding tert-OH is 1. The number of amides is 3. The van der Waals surface area contributed by atoms with Crippen LogP contribution in [0.2, 0.25) is 36.3 Å². The zero-order chi connectivity index (χ0) is 45.8. The Morgan fingerprint density at radius 2 is 1.22 bits per heavy atom. The minimum atomic E-state index is -2.09. The van der Waals surface area contributed by atoms with E-state index in [0.717, 1.165) is 38.6 Å². The summed E-state index contributed by atoms with van der Waals surface area (Å²) < 4.78 is 24.6. The molecular formula is C44H94N4O8Si2. The van der Waals surface area contributed by atoms with Gasteiger partial charge in [-0.25, -0.2) is 4.79 Å². The molecule has 0 aromatic heterocycles. The van der Waals surface area contributed by atoms with Gasteiger partial charge in [0.15, 0.2) is 16.6 Å². The second-order valence-corrected chi connectivity index (χ2v) is 30.1. The number of hydrogen-bond acceptors (Lipinski definition) is 9. The topological polar surface area (TPSA) is 139 Å². The molecule has 0 aliphatic heterocycles. The van der Waals surface area contributed by atoms with Crippen molar-refractivity contribution in [1.82, 2.24) is 20.4 Å². The van der Waals surface area contributed by atoms with Crippen LogP contribution in [0.15, 0.2) is 0 Å². The number of hydrogen-bond donors (Lipinski definition) is 3. The summed E-state index contributed by atoms with van der Waals surface area (Å²) in [6.07, 6.45) is 4.88. The Balaban J connectivity index is 0. The maximum atomic E-state index is 12.9. The van der Waals surface area contributed by atoms with Crippen LogP contribution in [-0.4, -0.2) is 119 Å². The molecule has 0 saturated heterocycles. The van der Waals surface area contributed by atoms with Crippen LogP contribution in [0.3, 0.4) is 0 Å². The van der Waals surface area contributed by atoms with Gasteiger partial charge in [-0.05, 0) is 117 Å². The summed E-state index contributed by atoms with van der Waals surface area (Å²) in [7, 11) is -4.12. The minimum absolute atomic E-state index is 0.0438. The van der Waals surface area contributed by atoms with E-state index in [9.17, 15) is 19.5 Å². The van der Waals surface area contributed by atoms with Crippen molar-refractivity contribution >= 4 is 34.5 Å². The SMILES string of the molecule is CCCCC(=O)NCCC(O[Si](C)(C)C(C)(C)C)C(=O)NCC.CCCCCN(CCC(CN(CC)C(=O)OC(C)(C)C)O[Si](C)(C)C(C)(C)C)C(O)OC(C)(C)C. The van der Waals surface area contributed by atoms with Crippen LogP contribution in [0, 0.1) is 0 Å². The van der Waals surface area contributed by atoms with E-state index in [1.54, 1.807) is 4.90 Å². The second-order valence-electron chi connectivity index (χ2n) is 20.6. The van der Waals surface area contributed by atoms with Gasteiger partial charge < -0.3 is 39.0 Å². The molecule has 0 saturated carbocycles. The molecular weight excluding hydrogens is 769 g/mol. The number of aliphatic hydroxyl groups is 1. The van der Waals surface area contributed by atoms with Gasteiger partial charge in [-0.3, -0.25) is 14.5 Å². The Bertz CT molecular complexity index is 1160. The summed E-state index contributed by atoms with van der Waals surface area (Å²) in [6.45, 7) is 44.9. The van der Waals surface area contributed by atoms with Gasteiger partial charge in [0.05, 0.1) is 11.7 Å². The lowest BCUT2D eigenvalue weighted by Gasteiger charge is -2.41. The van der Waals surface area contributed by atoms with Crippen LogP contribution in [0.5, 0.6) is 0 Å². The van der Waals surface area contributed by atoms with Gasteiger partial charge in [0.25, 0.3) is 0 Å². The molecule has 3 atom stereocenters. The zero-order valence-electron chi connectivity index (χ0n) is 41.3. The Labute approximate surface area is 359 Å². The van der Waals surface area contributed by atoms with E-state index in [1.807, 2.05) is 60.3 Å².